The Hall–Kier alpha value is -1.82. The number of halogens is 1. The van der Waals surface area contributed by atoms with E-state index in [1.54, 1.807) is 0 Å². The van der Waals surface area contributed by atoms with Crippen LogP contribution in [0, 0.1) is 17.2 Å². The zero-order valence-corrected chi connectivity index (χ0v) is 17.7. The minimum absolute atomic E-state index is 0.198. The first-order chi connectivity index (χ1) is 12.9. The Bertz CT molecular complexity index is 748. The van der Waals surface area contributed by atoms with Gasteiger partial charge in [-0.3, -0.25) is 4.90 Å². The molecule has 1 unspecified atom stereocenters. The number of hydrogen-bond donors (Lipinski definition) is 0. The molecule has 144 valence electrons. The fraction of sp³-hybridized carbons (Fsp3) is 0.458. The van der Waals surface area contributed by atoms with E-state index in [4.69, 9.17) is 11.6 Å². The SMILES string of the molecule is CC(C)N(CCCC(C#N)(c1ccccc1Cl)C(C)C)Cc1ccccc1. The van der Waals surface area contributed by atoms with Crippen LogP contribution in [0.25, 0.3) is 0 Å². The van der Waals surface area contributed by atoms with Crippen LogP contribution in [0.2, 0.25) is 5.02 Å². The van der Waals surface area contributed by atoms with E-state index in [2.05, 4.69) is 69.0 Å². The molecular formula is C24H31ClN2. The molecule has 1 atom stereocenters. The van der Waals surface area contributed by atoms with Gasteiger partial charge in [0.05, 0.1) is 11.5 Å². The lowest BCUT2D eigenvalue weighted by atomic mass is 9.70. The maximum Gasteiger partial charge on any atom is 0.0859 e. The fourth-order valence-electron chi connectivity index (χ4n) is 3.70. The van der Waals surface area contributed by atoms with Crippen LogP contribution in [0.4, 0.5) is 0 Å². The van der Waals surface area contributed by atoms with E-state index in [1.165, 1.54) is 5.56 Å². The van der Waals surface area contributed by atoms with Crippen molar-refractivity contribution in [2.45, 2.75) is 58.5 Å². The summed E-state index contributed by atoms with van der Waals surface area (Å²) >= 11 is 6.47. The van der Waals surface area contributed by atoms with Gasteiger partial charge in [-0.25, -0.2) is 0 Å². The van der Waals surface area contributed by atoms with E-state index < -0.39 is 5.41 Å². The van der Waals surface area contributed by atoms with E-state index in [-0.39, 0.29) is 5.92 Å². The Morgan fingerprint density at radius 3 is 2.19 bits per heavy atom. The van der Waals surface area contributed by atoms with E-state index in [9.17, 15) is 5.26 Å². The van der Waals surface area contributed by atoms with Crippen molar-refractivity contribution in [3.63, 3.8) is 0 Å². The molecule has 0 saturated carbocycles. The number of rotatable bonds is 9. The average Bonchev–Trinajstić information content (AvgIpc) is 2.65. The molecule has 0 saturated heterocycles. The molecule has 2 rings (SSSR count). The second-order valence-corrected chi connectivity index (χ2v) is 8.28. The molecule has 2 nitrogen and oxygen atoms in total. The second-order valence-electron chi connectivity index (χ2n) is 7.87. The summed E-state index contributed by atoms with van der Waals surface area (Å²) in [7, 11) is 0. The number of nitrogens with zero attached hydrogens (tertiary/aromatic N) is 2. The van der Waals surface area contributed by atoms with Gasteiger partial charge in [0, 0.05) is 17.6 Å². The molecule has 2 aromatic carbocycles. The maximum absolute atomic E-state index is 10.1. The third-order valence-corrected chi connectivity index (χ3v) is 5.84. The molecule has 3 heteroatoms. The van der Waals surface area contributed by atoms with Crippen LogP contribution in [0.3, 0.4) is 0 Å². The Balaban J connectivity index is 2.12. The van der Waals surface area contributed by atoms with Crippen molar-refractivity contribution in [3.05, 3.63) is 70.7 Å². The van der Waals surface area contributed by atoms with Gasteiger partial charge in [-0.15, -0.1) is 0 Å². The lowest BCUT2D eigenvalue weighted by Crippen LogP contribution is -2.35. The third kappa shape index (κ3) is 5.34. The first-order valence-corrected chi connectivity index (χ1v) is 10.2. The summed E-state index contributed by atoms with van der Waals surface area (Å²) in [6.45, 7) is 10.6. The van der Waals surface area contributed by atoms with Crippen molar-refractivity contribution in [3.8, 4) is 6.07 Å². The highest BCUT2D eigenvalue weighted by Gasteiger charge is 2.37. The van der Waals surface area contributed by atoms with Crippen LogP contribution in [-0.4, -0.2) is 17.5 Å². The topological polar surface area (TPSA) is 27.0 Å². The molecule has 2 aromatic rings. The molecule has 27 heavy (non-hydrogen) atoms. The van der Waals surface area contributed by atoms with Gasteiger partial charge in [0.15, 0.2) is 0 Å². The van der Waals surface area contributed by atoms with Crippen molar-refractivity contribution < 1.29 is 0 Å². The van der Waals surface area contributed by atoms with Gasteiger partial charge in [0.2, 0.25) is 0 Å². The maximum atomic E-state index is 10.1. The molecule has 0 radical (unpaired) electrons. The average molecular weight is 383 g/mol. The standard InChI is InChI=1S/C24H31ClN2/c1-19(2)24(18-26,22-13-8-9-14-23(22)25)15-10-16-27(20(3)4)17-21-11-6-5-7-12-21/h5-9,11-14,19-20H,10,15-17H2,1-4H3. The molecule has 0 aromatic heterocycles. The summed E-state index contributed by atoms with van der Waals surface area (Å²) in [4.78, 5) is 2.48. The zero-order chi connectivity index (χ0) is 19.9. The van der Waals surface area contributed by atoms with Crippen LogP contribution in [0.15, 0.2) is 54.6 Å². The van der Waals surface area contributed by atoms with Crippen molar-refractivity contribution in [1.82, 2.24) is 4.90 Å². The van der Waals surface area contributed by atoms with Gasteiger partial charge >= 0.3 is 0 Å². The van der Waals surface area contributed by atoms with E-state index in [1.807, 2.05) is 24.3 Å². The minimum atomic E-state index is -0.548. The predicted octanol–water partition coefficient (Wildman–Crippen LogP) is 6.45. The third-order valence-electron chi connectivity index (χ3n) is 5.51. The summed E-state index contributed by atoms with van der Waals surface area (Å²) in [5.74, 6) is 0.198. The molecule has 0 bridgehead atoms. The Kier molecular flexibility index (Phi) is 7.90. The number of benzene rings is 2. The Labute approximate surface area is 169 Å². The van der Waals surface area contributed by atoms with Crippen molar-refractivity contribution >= 4 is 11.6 Å². The molecule has 0 aliphatic carbocycles. The zero-order valence-electron chi connectivity index (χ0n) is 17.0. The van der Waals surface area contributed by atoms with Crippen LogP contribution in [0.5, 0.6) is 0 Å². The van der Waals surface area contributed by atoms with Crippen molar-refractivity contribution in [2.24, 2.45) is 5.92 Å². The molecule has 0 heterocycles. The summed E-state index contributed by atoms with van der Waals surface area (Å²) in [5, 5.41) is 10.8. The summed E-state index contributed by atoms with van der Waals surface area (Å²) < 4.78 is 0. The molecule has 0 aliphatic rings. The predicted molar refractivity (Wildman–Crippen MR) is 115 cm³/mol. The molecular weight excluding hydrogens is 352 g/mol. The lowest BCUT2D eigenvalue weighted by Gasteiger charge is -2.34. The van der Waals surface area contributed by atoms with Crippen LogP contribution >= 0.6 is 11.6 Å². The van der Waals surface area contributed by atoms with E-state index in [0.717, 1.165) is 31.5 Å². The van der Waals surface area contributed by atoms with Crippen molar-refractivity contribution in [2.75, 3.05) is 6.54 Å². The molecule has 0 fully saturated rings. The monoisotopic (exact) mass is 382 g/mol. The molecule has 0 N–H and O–H groups in total. The largest absolute Gasteiger partial charge is 0.297 e. The van der Waals surface area contributed by atoms with Gasteiger partial charge in [0.25, 0.3) is 0 Å². The Morgan fingerprint density at radius 1 is 1.00 bits per heavy atom. The number of hydrogen-bond acceptors (Lipinski definition) is 2. The van der Waals surface area contributed by atoms with Gasteiger partial charge in [-0.05, 0) is 56.3 Å². The molecule has 0 aliphatic heterocycles. The second kappa shape index (κ2) is 9.93. The van der Waals surface area contributed by atoms with E-state index in [0.29, 0.717) is 11.1 Å². The lowest BCUT2D eigenvalue weighted by molar-refractivity contribution is 0.199. The highest BCUT2D eigenvalue weighted by atomic mass is 35.5. The Morgan fingerprint density at radius 2 is 1.63 bits per heavy atom. The van der Waals surface area contributed by atoms with Gasteiger partial charge in [-0.1, -0.05) is 74.0 Å². The van der Waals surface area contributed by atoms with Gasteiger partial charge in [-0.2, -0.15) is 5.26 Å². The van der Waals surface area contributed by atoms with E-state index >= 15 is 0 Å². The quantitative estimate of drug-likeness (QED) is 0.498. The fourth-order valence-corrected chi connectivity index (χ4v) is 4.01. The first kappa shape index (κ1) is 21.5. The highest BCUT2D eigenvalue weighted by molar-refractivity contribution is 6.31. The normalized spacial score (nSPS) is 13.7. The molecule has 0 spiro atoms. The van der Waals surface area contributed by atoms with Crippen LogP contribution in [0.1, 0.15) is 51.7 Å². The summed E-state index contributed by atoms with van der Waals surface area (Å²) in [6.07, 6.45) is 1.77. The first-order valence-electron chi connectivity index (χ1n) is 9.85. The van der Waals surface area contributed by atoms with Gasteiger partial charge < -0.3 is 0 Å². The van der Waals surface area contributed by atoms with Gasteiger partial charge in [0.1, 0.15) is 0 Å². The van der Waals surface area contributed by atoms with Crippen molar-refractivity contribution in [1.29, 1.82) is 5.26 Å². The summed E-state index contributed by atoms with van der Waals surface area (Å²) in [5.41, 5.74) is 1.74. The van der Waals surface area contributed by atoms with Crippen LogP contribution in [-0.2, 0) is 12.0 Å². The minimum Gasteiger partial charge on any atom is -0.297 e. The highest BCUT2D eigenvalue weighted by Crippen LogP contribution is 2.40. The number of nitriles is 1. The van der Waals surface area contributed by atoms with Crippen LogP contribution < -0.4 is 0 Å². The smallest absolute Gasteiger partial charge is 0.0859 e. The summed E-state index contributed by atoms with van der Waals surface area (Å²) in [6, 6.07) is 21.5. The molecule has 0 amide bonds.